The molecule has 156 valence electrons. The average Bonchev–Trinajstić information content (AvgIpc) is 3.17. The molecule has 0 aliphatic carbocycles. The second-order valence-corrected chi connectivity index (χ2v) is 7.24. The summed E-state index contributed by atoms with van der Waals surface area (Å²) in [6.07, 6.45) is -4.32. The second-order valence-electron chi connectivity index (χ2n) is 7.24. The van der Waals surface area contributed by atoms with Gasteiger partial charge in [0.1, 0.15) is 0 Å². The lowest BCUT2D eigenvalue weighted by Crippen LogP contribution is -2.45. The maximum atomic E-state index is 13.2. The van der Waals surface area contributed by atoms with Gasteiger partial charge in [-0.2, -0.15) is 13.2 Å². The quantitative estimate of drug-likeness (QED) is 0.753. The SMILES string of the molecule is COc1cc(CN2CCN(Cc3ccccc3C(F)(F)F)CC2)cc2c1OCO2. The van der Waals surface area contributed by atoms with Crippen LogP contribution >= 0.6 is 0 Å². The molecule has 0 saturated carbocycles. The molecule has 1 saturated heterocycles. The highest BCUT2D eigenvalue weighted by atomic mass is 19.4. The number of alkyl halides is 3. The first kappa shape index (κ1) is 19.8. The molecule has 0 amide bonds. The van der Waals surface area contributed by atoms with Crippen LogP contribution in [0.3, 0.4) is 0 Å². The largest absolute Gasteiger partial charge is 0.493 e. The molecule has 0 unspecified atom stereocenters. The van der Waals surface area contributed by atoms with E-state index in [1.807, 2.05) is 12.1 Å². The van der Waals surface area contributed by atoms with E-state index in [2.05, 4.69) is 9.80 Å². The monoisotopic (exact) mass is 408 g/mol. The highest BCUT2D eigenvalue weighted by molar-refractivity contribution is 5.55. The van der Waals surface area contributed by atoms with Gasteiger partial charge in [0.2, 0.25) is 12.5 Å². The van der Waals surface area contributed by atoms with Crippen LogP contribution in [0.5, 0.6) is 17.2 Å². The molecule has 29 heavy (non-hydrogen) atoms. The Morgan fingerprint density at radius 2 is 1.66 bits per heavy atom. The van der Waals surface area contributed by atoms with Crippen LogP contribution in [0.2, 0.25) is 0 Å². The van der Waals surface area contributed by atoms with Gasteiger partial charge in [-0.15, -0.1) is 0 Å². The fourth-order valence-corrected chi connectivity index (χ4v) is 3.81. The summed E-state index contributed by atoms with van der Waals surface area (Å²) < 4.78 is 55.9. The van der Waals surface area contributed by atoms with Crippen LogP contribution in [0, 0.1) is 0 Å². The van der Waals surface area contributed by atoms with Crippen LogP contribution in [-0.4, -0.2) is 49.9 Å². The summed E-state index contributed by atoms with van der Waals surface area (Å²) in [7, 11) is 1.60. The molecule has 1 fully saturated rings. The second kappa shape index (κ2) is 8.12. The molecule has 2 aromatic rings. The van der Waals surface area contributed by atoms with Crippen molar-refractivity contribution in [2.45, 2.75) is 19.3 Å². The van der Waals surface area contributed by atoms with E-state index in [0.29, 0.717) is 42.4 Å². The smallest absolute Gasteiger partial charge is 0.416 e. The van der Waals surface area contributed by atoms with Crippen molar-refractivity contribution in [1.29, 1.82) is 0 Å². The zero-order valence-corrected chi connectivity index (χ0v) is 16.2. The maximum Gasteiger partial charge on any atom is 0.416 e. The Balaban J connectivity index is 1.36. The Labute approximate surface area is 167 Å². The molecule has 2 aliphatic heterocycles. The minimum Gasteiger partial charge on any atom is -0.493 e. The molecule has 0 bridgehead atoms. The van der Waals surface area contributed by atoms with Crippen LogP contribution < -0.4 is 14.2 Å². The summed E-state index contributed by atoms with van der Waals surface area (Å²) in [4.78, 5) is 4.35. The van der Waals surface area contributed by atoms with E-state index in [1.54, 1.807) is 19.2 Å². The molecule has 0 N–H and O–H groups in total. The summed E-state index contributed by atoms with van der Waals surface area (Å²) in [5.41, 5.74) is 0.839. The van der Waals surface area contributed by atoms with Crippen molar-refractivity contribution in [2.75, 3.05) is 40.1 Å². The van der Waals surface area contributed by atoms with Crippen molar-refractivity contribution < 1.29 is 27.4 Å². The van der Waals surface area contributed by atoms with E-state index in [4.69, 9.17) is 14.2 Å². The molecule has 8 heteroatoms. The van der Waals surface area contributed by atoms with E-state index >= 15 is 0 Å². The lowest BCUT2D eigenvalue weighted by molar-refractivity contribution is -0.138. The Hall–Kier alpha value is -2.45. The number of nitrogens with zero attached hydrogens (tertiary/aromatic N) is 2. The van der Waals surface area contributed by atoms with E-state index in [-0.39, 0.29) is 6.79 Å². The number of rotatable bonds is 5. The number of benzene rings is 2. The molecule has 2 aliphatic rings. The molecule has 5 nitrogen and oxygen atoms in total. The molecule has 0 spiro atoms. The fourth-order valence-electron chi connectivity index (χ4n) is 3.81. The van der Waals surface area contributed by atoms with Crippen LogP contribution in [0.1, 0.15) is 16.7 Å². The highest BCUT2D eigenvalue weighted by Crippen LogP contribution is 2.42. The Bertz CT molecular complexity index is 865. The van der Waals surface area contributed by atoms with E-state index in [0.717, 1.165) is 31.3 Å². The van der Waals surface area contributed by atoms with Gasteiger partial charge >= 0.3 is 6.18 Å². The molecule has 2 heterocycles. The molecule has 4 rings (SSSR count). The normalized spacial score (nSPS) is 17.5. The van der Waals surface area contributed by atoms with Gasteiger partial charge in [-0.3, -0.25) is 9.80 Å². The highest BCUT2D eigenvalue weighted by Gasteiger charge is 2.33. The number of methoxy groups -OCH3 is 1. The standard InChI is InChI=1S/C21H23F3N2O3/c1-27-18-10-15(11-19-20(18)29-14-28-19)12-25-6-8-26(9-7-25)13-16-4-2-3-5-17(16)21(22,23)24/h2-5,10-11H,6-9,12-14H2,1H3. The van der Waals surface area contributed by atoms with Gasteiger partial charge in [-0.25, -0.2) is 0 Å². The van der Waals surface area contributed by atoms with E-state index in [9.17, 15) is 13.2 Å². The zero-order chi connectivity index (χ0) is 20.4. The van der Waals surface area contributed by atoms with Gasteiger partial charge in [0.05, 0.1) is 12.7 Å². The summed E-state index contributed by atoms with van der Waals surface area (Å²) in [5, 5.41) is 0. The van der Waals surface area contributed by atoms with Crippen molar-refractivity contribution in [3.8, 4) is 17.2 Å². The molecule has 2 aromatic carbocycles. The number of halogens is 3. The maximum absolute atomic E-state index is 13.2. The van der Waals surface area contributed by atoms with Crippen LogP contribution in [0.15, 0.2) is 36.4 Å². The van der Waals surface area contributed by atoms with Gasteiger partial charge in [0.15, 0.2) is 11.5 Å². The Kier molecular flexibility index (Phi) is 5.56. The van der Waals surface area contributed by atoms with Crippen molar-refractivity contribution >= 4 is 0 Å². The van der Waals surface area contributed by atoms with Gasteiger partial charge in [-0.05, 0) is 29.3 Å². The average molecular weight is 408 g/mol. The number of hydrogen-bond acceptors (Lipinski definition) is 5. The minimum atomic E-state index is -4.32. The molecule has 0 atom stereocenters. The summed E-state index contributed by atoms with van der Waals surface area (Å²) in [6, 6.07) is 9.71. The number of fused-ring (bicyclic) bond motifs is 1. The summed E-state index contributed by atoms with van der Waals surface area (Å²) in [5.74, 6) is 1.96. The first-order chi connectivity index (χ1) is 13.9. The van der Waals surface area contributed by atoms with E-state index < -0.39 is 11.7 Å². The molecular formula is C21H23F3N2O3. The third-order valence-electron chi connectivity index (χ3n) is 5.31. The Morgan fingerprint density at radius 1 is 0.966 bits per heavy atom. The minimum absolute atomic E-state index is 0.188. The third kappa shape index (κ3) is 4.43. The van der Waals surface area contributed by atoms with Gasteiger partial charge in [0, 0.05) is 39.3 Å². The predicted molar refractivity (Wildman–Crippen MR) is 101 cm³/mol. The lowest BCUT2D eigenvalue weighted by atomic mass is 10.1. The van der Waals surface area contributed by atoms with Crippen molar-refractivity contribution in [3.05, 3.63) is 53.1 Å². The third-order valence-corrected chi connectivity index (χ3v) is 5.31. The van der Waals surface area contributed by atoms with Crippen molar-refractivity contribution in [2.24, 2.45) is 0 Å². The van der Waals surface area contributed by atoms with Gasteiger partial charge < -0.3 is 14.2 Å². The summed E-state index contributed by atoms with van der Waals surface area (Å²) in [6.45, 7) is 4.21. The predicted octanol–water partition coefficient (Wildman–Crippen LogP) is 3.76. The number of ether oxygens (including phenoxy) is 3. The molecule has 0 radical (unpaired) electrons. The first-order valence-electron chi connectivity index (χ1n) is 9.50. The first-order valence-corrected chi connectivity index (χ1v) is 9.50. The number of piperazine rings is 1. The van der Waals surface area contributed by atoms with Crippen molar-refractivity contribution in [1.82, 2.24) is 9.80 Å². The van der Waals surface area contributed by atoms with Crippen LogP contribution in [0.25, 0.3) is 0 Å². The molecule has 0 aromatic heterocycles. The van der Waals surface area contributed by atoms with Crippen LogP contribution in [-0.2, 0) is 19.3 Å². The van der Waals surface area contributed by atoms with Gasteiger partial charge in [0.25, 0.3) is 0 Å². The summed E-state index contributed by atoms with van der Waals surface area (Å²) >= 11 is 0. The molecular weight excluding hydrogens is 385 g/mol. The number of hydrogen-bond donors (Lipinski definition) is 0. The van der Waals surface area contributed by atoms with Crippen molar-refractivity contribution in [3.63, 3.8) is 0 Å². The zero-order valence-electron chi connectivity index (χ0n) is 16.2. The Morgan fingerprint density at radius 3 is 2.34 bits per heavy atom. The van der Waals surface area contributed by atoms with Gasteiger partial charge in [-0.1, -0.05) is 18.2 Å². The topological polar surface area (TPSA) is 34.2 Å². The lowest BCUT2D eigenvalue weighted by Gasteiger charge is -2.35. The van der Waals surface area contributed by atoms with E-state index in [1.165, 1.54) is 6.07 Å². The fraction of sp³-hybridized carbons (Fsp3) is 0.429. The van der Waals surface area contributed by atoms with Crippen LogP contribution in [0.4, 0.5) is 13.2 Å².